The van der Waals surface area contributed by atoms with Crippen LogP contribution in [0.2, 0.25) is 0 Å². The summed E-state index contributed by atoms with van der Waals surface area (Å²) in [5.74, 6) is 0.626. The van der Waals surface area contributed by atoms with Gasteiger partial charge in [0.15, 0.2) is 0 Å². The molecule has 0 fully saturated rings. The average Bonchev–Trinajstić information content (AvgIpc) is 2.35. The molecule has 0 spiro atoms. The minimum atomic E-state index is -0.395. The lowest BCUT2D eigenvalue weighted by Gasteiger charge is -2.26. The van der Waals surface area contributed by atoms with Crippen molar-refractivity contribution < 1.29 is 14.3 Å². The molecule has 1 aromatic carbocycles. The summed E-state index contributed by atoms with van der Waals surface area (Å²) in [6.45, 7) is 6.00. The molecular formula is C15H23NO3. The van der Waals surface area contributed by atoms with Crippen molar-refractivity contribution in [1.82, 2.24) is 4.90 Å². The van der Waals surface area contributed by atoms with Gasteiger partial charge in [-0.2, -0.15) is 0 Å². The molecule has 1 unspecified atom stereocenters. The summed E-state index contributed by atoms with van der Waals surface area (Å²) in [6, 6.07) is 1.61. The third kappa shape index (κ3) is 2.89. The molecule has 4 heteroatoms. The van der Waals surface area contributed by atoms with Gasteiger partial charge in [-0.15, -0.1) is 0 Å². The van der Waals surface area contributed by atoms with E-state index < -0.39 is 6.04 Å². The Labute approximate surface area is 115 Å². The highest BCUT2D eigenvalue weighted by molar-refractivity contribution is 5.78. The van der Waals surface area contributed by atoms with Crippen LogP contribution in [0.4, 0.5) is 0 Å². The number of rotatable bonds is 4. The van der Waals surface area contributed by atoms with E-state index in [2.05, 4.69) is 0 Å². The number of esters is 1. The highest BCUT2D eigenvalue weighted by Gasteiger charge is 2.27. The summed E-state index contributed by atoms with van der Waals surface area (Å²) in [4.78, 5) is 13.8. The molecule has 0 saturated heterocycles. The molecule has 0 N–H and O–H groups in total. The third-order valence-corrected chi connectivity index (χ3v) is 3.51. The van der Waals surface area contributed by atoms with Gasteiger partial charge < -0.3 is 9.47 Å². The van der Waals surface area contributed by atoms with E-state index in [1.807, 2.05) is 45.8 Å². The van der Waals surface area contributed by atoms with Crippen LogP contribution in [0.3, 0.4) is 0 Å². The van der Waals surface area contributed by atoms with Gasteiger partial charge >= 0.3 is 5.97 Å². The maximum Gasteiger partial charge on any atom is 0.327 e. The lowest BCUT2D eigenvalue weighted by Crippen LogP contribution is -2.29. The molecule has 0 radical (unpaired) electrons. The smallest absolute Gasteiger partial charge is 0.327 e. The maximum atomic E-state index is 12.0. The van der Waals surface area contributed by atoms with Crippen molar-refractivity contribution in [3.8, 4) is 5.75 Å². The van der Waals surface area contributed by atoms with Crippen LogP contribution < -0.4 is 4.74 Å². The largest absolute Gasteiger partial charge is 0.496 e. The van der Waals surface area contributed by atoms with Gasteiger partial charge in [-0.05, 0) is 63.2 Å². The van der Waals surface area contributed by atoms with Crippen molar-refractivity contribution in [2.24, 2.45) is 0 Å². The Bertz CT molecular complexity index is 481. The first-order chi connectivity index (χ1) is 8.84. The van der Waals surface area contributed by atoms with Gasteiger partial charge in [0.05, 0.1) is 14.2 Å². The molecule has 1 atom stereocenters. The van der Waals surface area contributed by atoms with Crippen LogP contribution in [0.5, 0.6) is 5.75 Å². The molecule has 4 nitrogen and oxygen atoms in total. The number of hydrogen-bond donors (Lipinski definition) is 0. The molecule has 0 aliphatic rings. The van der Waals surface area contributed by atoms with Crippen LogP contribution >= 0.6 is 0 Å². The second-order valence-corrected chi connectivity index (χ2v) is 4.96. The minimum absolute atomic E-state index is 0.253. The summed E-state index contributed by atoms with van der Waals surface area (Å²) in [6.07, 6.45) is 0. The fourth-order valence-corrected chi connectivity index (χ4v) is 2.42. The van der Waals surface area contributed by atoms with Crippen molar-refractivity contribution >= 4 is 5.97 Å². The topological polar surface area (TPSA) is 38.8 Å². The molecule has 0 aliphatic carbocycles. The number of hydrogen-bond acceptors (Lipinski definition) is 4. The van der Waals surface area contributed by atoms with Crippen LogP contribution in [-0.2, 0) is 9.53 Å². The van der Waals surface area contributed by atoms with Crippen LogP contribution in [0.15, 0.2) is 6.07 Å². The van der Waals surface area contributed by atoms with Crippen molar-refractivity contribution in [2.75, 3.05) is 28.3 Å². The normalized spacial score (nSPS) is 12.4. The van der Waals surface area contributed by atoms with E-state index in [1.54, 1.807) is 7.11 Å². The standard InChI is InChI=1S/C15H23NO3/c1-9-8-12(10(2)11(3)14(9)18-6)13(16(4)5)15(17)19-7/h8,13H,1-7H3. The zero-order valence-electron chi connectivity index (χ0n) is 12.8. The van der Waals surface area contributed by atoms with Crippen LogP contribution in [0.1, 0.15) is 28.3 Å². The van der Waals surface area contributed by atoms with Crippen molar-refractivity contribution in [3.63, 3.8) is 0 Å². The summed E-state index contributed by atoms with van der Waals surface area (Å²) in [5, 5.41) is 0. The number of methoxy groups -OCH3 is 2. The molecule has 1 aromatic rings. The highest BCUT2D eigenvalue weighted by Crippen LogP contribution is 2.33. The van der Waals surface area contributed by atoms with Gasteiger partial charge in [0, 0.05) is 0 Å². The minimum Gasteiger partial charge on any atom is -0.496 e. The van der Waals surface area contributed by atoms with Gasteiger partial charge in [-0.1, -0.05) is 0 Å². The van der Waals surface area contributed by atoms with Crippen molar-refractivity contribution in [1.29, 1.82) is 0 Å². The molecule has 0 saturated carbocycles. The van der Waals surface area contributed by atoms with E-state index in [0.29, 0.717) is 0 Å². The first-order valence-electron chi connectivity index (χ1n) is 6.24. The molecule has 106 valence electrons. The van der Waals surface area contributed by atoms with Crippen LogP contribution in [-0.4, -0.2) is 39.2 Å². The number of carbonyl (C=O) groups is 1. The highest BCUT2D eigenvalue weighted by atomic mass is 16.5. The van der Waals surface area contributed by atoms with Crippen LogP contribution in [0, 0.1) is 20.8 Å². The maximum absolute atomic E-state index is 12.0. The number of benzene rings is 1. The zero-order chi connectivity index (χ0) is 14.7. The van der Waals surface area contributed by atoms with Gasteiger partial charge in [-0.25, -0.2) is 4.79 Å². The molecule has 0 bridgehead atoms. The molecule has 0 aliphatic heterocycles. The van der Waals surface area contributed by atoms with Crippen LogP contribution in [0.25, 0.3) is 0 Å². The second-order valence-electron chi connectivity index (χ2n) is 4.96. The third-order valence-electron chi connectivity index (χ3n) is 3.51. The predicted molar refractivity (Wildman–Crippen MR) is 75.6 cm³/mol. The van der Waals surface area contributed by atoms with E-state index in [0.717, 1.165) is 28.0 Å². The van der Waals surface area contributed by atoms with Crippen molar-refractivity contribution in [3.05, 3.63) is 28.3 Å². The first-order valence-corrected chi connectivity index (χ1v) is 6.24. The Morgan fingerprint density at radius 2 is 1.74 bits per heavy atom. The van der Waals surface area contributed by atoms with Gasteiger partial charge in [0.25, 0.3) is 0 Å². The van der Waals surface area contributed by atoms with Gasteiger partial charge in [-0.3, -0.25) is 4.90 Å². The number of carbonyl (C=O) groups excluding carboxylic acids is 1. The molecular weight excluding hydrogens is 242 g/mol. The fourth-order valence-electron chi connectivity index (χ4n) is 2.42. The number of nitrogens with zero attached hydrogens (tertiary/aromatic N) is 1. The molecule has 1 rings (SSSR count). The molecule has 19 heavy (non-hydrogen) atoms. The van der Waals surface area contributed by atoms with E-state index in [1.165, 1.54) is 7.11 Å². The lowest BCUT2D eigenvalue weighted by molar-refractivity contribution is -0.146. The van der Waals surface area contributed by atoms with Gasteiger partial charge in [0.2, 0.25) is 0 Å². The Balaban J connectivity index is 3.45. The van der Waals surface area contributed by atoms with E-state index in [4.69, 9.17) is 9.47 Å². The zero-order valence-corrected chi connectivity index (χ0v) is 12.8. The molecule has 0 amide bonds. The first kappa shape index (κ1) is 15.5. The summed E-state index contributed by atoms with van der Waals surface area (Å²) < 4.78 is 10.3. The summed E-state index contributed by atoms with van der Waals surface area (Å²) in [7, 11) is 6.82. The average molecular weight is 265 g/mol. The Kier molecular flexibility index (Phi) is 4.95. The second kappa shape index (κ2) is 6.06. The van der Waals surface area contributed by atoms with Crippen molar-refractivity contribution in [2.45, 2.75) is 26.8 Å². The Morgan fingerprint density at radius 1 is 1.16 bits per heavy atom. The molecule has 0 aromatic heterocycles. The van der Waals surface area contributed by atoms with Gasteiger partial charge in [0.1, 0.15) is 11.8 Å². The monoisotopic (exact) mass is 265 g/mol. The Hall–Kier alpha value is -1.55. The predicted octanol–water partition coefficient (Wildman–Crippen LogP) is 2.40. The SMILES string of the molecule is COC(=O)C(c1cc(C)c(OC)c(C)c1C)N(C)C. The number of aryl methyl sites for hydroxylation is 1. The fraction of sp³-hybridized carbons (Fsp3) is 0.533. The Morgan fingerprint density at radius 3 is 2.16 bits per heavy atom. The number of ether oxygens (including phenoxy) is 2. The van der Waals surface area contributed by atoms with E-state index in [9.17, 15) is 4.79 Å². The lowest BCUT2D eigenvalue weighted by atomic mass is 9.93. The quantitative estimate of drug-likeness (QED) is 0.784. The summed E-state index contributed by atoms with van der Waals surface area (Å²) >= 11 is 0. The van der Waals surface area contributed by atoms with E-state index in [-0.39, 0.29) is 5.97 Å². The molecule has 0 heterocycles. The number of likely N-dealkylation sites (N-methyl/N-ethyl adjacent to an activating group) is 1. The summed E-state index contributed by atoms with van der Waals surface area (Å²) in [5.41, 5.74) is 4.11. The van der Waals surface area contributed by atoms with E-state index >= 15 is 0 Å².